The molecule has 6 nitrogen and oxygen atoms in total. The molecule has 2 fully saturated rings. The molecule has 160 valence electrons. The van der Waals surface area contributed by atoms with Gasteiger partial charge >= 0.3 is 0 Å². The molecular formula is C24H32N4O2. The summed E-state index contributed by atoms with van der Waals surface area (Å²) in [6.07, 6.45) is 10.1. The van der Waals surface area contributed by atoms with Crippen molar-refractivity contribution in [1.82, 2.24) is 19.8 Å². The van der Waals surface area contributed by atoms with Gasteiger partial charge in [0.2, 0.25) is 11.8 Å². The molecule has 0 radical (unpaired) electrons. The van der Waals surface area contributed by atoms with E-state index in [1.54, 1.807) is 6.20 Å². The van der Waals surface area contributed by atoms with Crippen LogP contribution in [0.4, 0.5) is 0 Å². The lowest BCUT2D eigenvalue weighted by Crippen LogP contribution is -2.46. The Morgan fingerprint density at radius 3 is 2.73 bits per heavy atom. The van der Waals surface area contributed by atoms with E-state index in [-0.39, 0.29) is 23.4 Å². The summed E-state index contributed by atoms with van der Waals surface area (Å²) in [5.74, 6) is 1.23. The van der Waals surface area contributed by atoms with Crippen LogP contribution in [0.2, 0.25) is 0 Å². The largest absolute Gasteiger partial charge is 0.350 e. The number of benzene rings is 1. The number of amides is 2. The normalized spacial score (nSPS) is 24.1. The summed E-state index contributed by atoms with van der Waals surface area (Å²) in [7, 11) is 1.99. The van der Waals surface area contributed by atoms with Gasteiger partial charge in [0.05, 0.1) is 6.04 Å². The first kappa shape index (κ1) is 20.6. The van der Waals surface area contributed by atoms with Gasteiger partial charge < -0.3 is 14.8 Å². The number of aromatic nitrogens is 2. The molecule has 1 N–H and O–H groups in total. The van der Waals surface area contributed by atoms with Crippen LogP contribution in [0.1, 0.15) is 67.9 Å². The van der Waals surface area contributed by atoms with Crippen molar-refractivity contribution in [2.75, 3.05) is 6.54 Å². The topological polar surface area (TPSA) is 67.2 Å². The van der Waals surface area contributed by atoms with Gasteiger partial charge in [-0.05, 0) is 51.0 Å². The molecule has 1 aromatic carbocycles. The van der Waals surface area contributed by atoms with E-state index < -0.39 is 0 Å². The maximum atomic E-state index is 13.3. The molecule has 30 heavy (non-hydrogen) atoms. The summed E-state index contributed by atoms with van der Waals surface area (Å²) >= 11 is 0. The van der Waals surface area contributed by atoms with Gasteiger partial charge in [-0.3, -0.25) is 9.59 Å². The second-order valence-corrected chi connectivity index (χ2v) is 8.99. The van der Waals surface area contributed by atoms with E-state index in [0.717, 1.165) is 44.5 Å². The average molecular weight is 409 g/mol. The first-order valence-electron chi connectivity index (χ1n) is 11.1. The van der Waals surface area contributed by atoms with Crippen molar-refractivity contribution < 1.29 is 9.59 Å². The Kier molecular flexibility index (Phi) is 5.93. The number of aryl methyl sites for hydroxylation is 2. The van der Waals surface area contributed by atoms with Gasteiger partial charge in [-0.2, -0.15) is 0 Å². The number of carbonyl (C=O) groups is 2. The Morgan fingerprint density at radius 1 is 1.27 bits per heavy atom. The van der Waals surface area contributed by atoms with Crippen LogP contribution in [0.15, 0.2) is 36.7 Å². The zero-order valence-electron chi connectivity index (χ0n) is 18.1. The molecule has 2 aromatic rings. The van der Waals surface area contributed by atoms with Crippen molar-refractivity contribution in [3.8, 4) is 0 Å². The van der Waals surface area contributed by atoms with E-state index in [1.165, 1.54) is 11.1 Å². The van der Waals surface area contributed by atoms with E-state index in [1.807, 2.05) is 22.7 Å². The number of likely N-dealkylation sites (tertiary alicyclic amines) is 1. The number of hydrogen-bond acceptors (Lipinski definition) is 3. The number of piperidine rings is 1. The lowest BCUT2D eigenvalue weighted by molar-refractivity contribution is -0.136. The van der Waals surface area contributed by atoms with Gasteiger partial charge in [0.1, 0.15) is 5.82 Å². The molecule has 6 heteroatoms. The number of nitrogens with one attached hydrogen (secondary N) is 1. The fourth-order valence-corrected chi connectivity index (χ4v) is 4.97. The van der Waals surface area contributed by atoms with Crippen LogP contribution >= 0.6 is 0 Å². The number of hydrogen-bond donors (Lipinski definition) is 1. The molecule has 2 atom stereocenters. The monoisotopic (exact) mass is 408 g/mol. The van der Waals surface area contributed by atoms with Gasteiger partial charge in [0, 0.05) is 44.4 Å². The molecule has 2 saturated heterocycles. The zero-order chi connectivity index (χ0) is 21.1. The molecule has 2 aliphatic heterocycles. The summed E-state index contributed by atoms with van der Waals surface area (Å²) in [5, 5.41) is 3.21. The van der Waals surface area contributed by atoms with Crippen LogP contribution in [-0.2, 0) is 23.1 Å². The van der Waals surface area contributed by atoms with E-state index in [4.69, 9.17) is 0 Å². The van der Waals surface area contributed by atoms with E-state index in [9.17, 15) is 9.59 Å². The third-order valence-corrected chi connectivity index (χ3v) is 6.70. The summed E-state index contributed by atoms with van der Waals surface area (Å²) in [6.45, 7) is 2.86. The van der Waals surface area contributed by atoms with Crippen molar-refractivity contribution in [2.24, 2.45) is 7.05 Å². The summed E-state index contributed by atoms with van der Waals surface area (Å²) < 4.78 is 2.02. The van der Waals surface area contributed by atoms with Crippen molar-refractivity contribution in [3.63, 3.8) is 0 Å². The second-order valence-electron chi connectivity index (χ2n) is 8.99. The Hall–Kier alpha value is -2.63. The quantitative estimate of drug-likeness (QED) is 0.796. The minimum atomic E-state index is -0.323. The highest BCUT2D eigenvalue weighted by molar-refractivity contribution is 5.80. The van der Waals surface area contributed by atoms with Crippen molar-refractivity contribution in [3.05, 3.63) is 53.6 Å². The van der Waals surface area contributed by atoms with Gasteiger partial charge in [-0.15, -0.1) is 0 Å². The van der Waals surface area contributed by atoms with Crippen molar-refractivity contribution >= 4 is 11.8 Å². The van der Waals surface area contributed by atoms with Crippen LogP contribution in [0.5, 0.6) is 0 Å². The third kappa shape index (κ3) is 4.42. The molecule has 0 aliphatic carbocycles. The zero-order valence-corrected chi connectivity index (χ0v) is 18.1. The van der Waals surface area contributed by atoms with Crippen LogP contribution < -0.4 is 5.32 Å². The first-order chi connectivity index (χ1) is 14.5. The Bertz CT molecular complexity index is 904. The van der Waals surface area contributed by atoms with E-state index in [0.29, 0.717) is 19.3 Å². The fourth-order valence-electron chi connectivity index (χ4n) is 4.97. The number of carbonyl (C=O) groups excluding carboxylic acids is 2. The predicted molar refractivity (Wildman–Crippen MR) is 116 cm³/mol. The summed E-state index contributed by atoms with van der Waals surface area (Å²) in [5.41, 5.74) is 2.11. The SMILES string of the molecule is Cc1ccc(C[C@@]2(CCC(=O)N3CCCC[C@@H]3c3nccn3C)CCC(=O)N2)cc1. The maximum absolute atomic E-state index is 13.3. The van der Waals surface area contributed by atoms with Crippen LogP contribution in [0.25, 0.3) is 0 Å². The molecule has 3 heterocycles. The van der Waals surface area contributed by atoms with Crippen molar-refractivity contribution in [1.29, 1.82) is 0 Å². The minimum absolute atomic E-state index is 0.0532. The molecular weight excluding hydrogens is 376 g/mol. The highest BCUT2D eigenvalue weighted by Gasteiger charge is 2.39. The number of rotatable bonds is 6. The van der Waals surface area contributed by atoms with Crippen LogP contribution in [-0.4, -0.2) is 38.3 Å². The minimum Gasteiger partial charge on any atom is -0.350 e. The van der Waals surface area contributed by atoms with Gasteiger partial charge in [0.15, 0.2) is 0 Å². The van der Waals surface area contributed by atoms with Gasteiger partial charge in [-0.25, -0.2) is 4.98 Å². The Labute approximate surface area is 178 Å². The molecule has 2 amide bonds. The fraction of sp³-hybridized carbons (Fsp3) is 0.542. The first-order valence-corrected chi connectivity index (χ1v) is 11.1. The summed E-state index contributed by atoms with van der Waals surface area (Å²) in [4.78, 5) is 31.9. The molecule has 1 aromatic heterocycles. The Morgan fingerprint density at radius 2 is 2.07 bits per heavy atom. The Balaban J connectivity index is 1.46. The highest BCUT2D eigenvalue weighted by Crippen LogP contribution is 2.33. The smallest absolute Gasteiger partial charge is 0.223 e. The molecule has 4 rings (SSSR count). The molecule has 2 aliphatic rings. The maximum Gasteiger partial charge on any atom is 0.223 e. The molecule has 0 unspecified atom stereocenters. The van der Waals surface area contributed by atoms with E-state index in [2.05, 4.69) is 41.5 Å². The summed E-state index contributed by atoms with van der Waals surface area (Å²) in [6, 6.07) is 8.53. The second kappa shape index (κ2) is 8.62. The highest BCUT2D eigenvalue weighted by atomic mass is 16.2. The average Bonchev–Trinajstić information content (AvgIpc) is 3.34. The number of imidazole rings is 1. The lowest BCUT2D eigenvalue weighted by Gasteiger charge is -2.36. The molecule has 0 bridgehead atoms. The molecule has 0 spiro atoms. The van der Waals surface area contributed by atoms with Crippen LogP contribution in [0, 0.1) is 6.92 Å². The molecule has 0 saturated carbocycles. The standard InChI is InChI=1S/C24H32N4O2/c1-18-6-8-19(9-7-18)17-24(12-10-21(29)26-24)13-11-22(30)28-15-4-3-5-20(28)23-25-14-16-27(23)2/h6-9,14,16,20H,3-5,10-13,15,17H2,1-2H3,(H,26,29)/t20-,24+/m1/s1. The van der Waals surface area contributed by atoms with Crippen LogP contribution in [0.3, 0.4) is 0 Å². The van der Waals surface area contributed by atoms with Crippen molar-refractivity contribution in [2.45, 2.75) is 69.9 Å². The number of nitrogens with zero attached hydrogens (tertiary/aromatic N) is 3. The predicted octanol–water partition coefficient (Wildman–Crippen LogP) is 3.45. The van der Waals surface area contributed by atoms with E-state index >= 15 is 0 Å². The van der Waals surface area contributed by atoms with Gasteiger partial charge in [-0.1, -0.05) is 29.8 Å². The van der Waals surface area contributed by atoms with Gasteiger partial charge in [0.25, 0.3) is 0 Å². The lowest BCUT2D eigenvalue weighted by atomic mass is 9.84. The third-order valence-electron chi connectivity index (χ3n) is 6.70.